The van der Waals surface area contributed by atoms with Gasteiger partial charge in [0.05, 0.1) is 11.0 Å². The molecule has 0 bridgehead atoms. The molecule has 1 aromatic heterocycles. The van der Waals surface area contributed by atoms with Gasteiger partial charge in [0.25, 0.3) is 0 Å². The highest BCUT2D eigenvalue weighted by Crippen LogP contribution is 2.21. The summed E-state index contributed by atoms with van der Waals surface area (Å²) in [6.07, 6.45) is 1.25. The Labute approximate surface area is 142 Å². The quantitative estimate of drug-likeness (QED) is 0.891. The fourth-order valence-electron chi connectivity index (χ4n) is 2.41. The molecule has 1 heterocycles. The third kappa shape index (κ3) is 4.86. The maximum Gasteiger partial charge on any atom is 0.407 e. The number of ether oxygens (including phenoxy) is 1. The van der Waals surface area contributed by atoms with Crippen LogP contribution in [0.15, 0.2) is 18.2 Å². The first-order valence-electron chi connectivity index (χ1n) is 7.91. The number of aryl methyl sites for hydroxylation is 1. The molecular formula is C17H24ClN3O2. The lowest BCUT2D eigenvalue weighted by Gasteiger charge is -2.19. The van der Waals surface area contributed by atoms with E-state index in [1.54, 1.807) is 0 Å². The molecule has 0 saturated heterocycles. The van der Waals surface area contributed by atoms with Crippen molar-refractivity contribution in [3.8, 4) is 0 Å². The van der Waals surface area contributed by atoms with Gasteiger partial charge in [0.15, 0.2) is 0 Å². The van der Waals surface area contributed by atoms with Crippen molar-refractivity contribution in [2.45, 2.75) is 52.7 Å². The number of fused-ring (bicyclic) bond motifs is 1. The van der Waals surface area contributed by atoms with E-state index in [1.165, 1.54) is 0 Å². The molecule has 0 spiro atoms. The number of amides is 1. The highest BCUT2D eigenvalue weighted by Gasteiger charge is 2.16. The number of alkyl carbamates (subject to hydrolysis) is 1. The van der Waals surface area contributed by atoms with Crippen molar-refractivity contribution in [1.29, 1.82) is 0 Å². The van der Waals surface area contributed by atoms with Crippen LogP contribution in [-0.4, -0.2) is 27.8 Å². The van der Waals surface area contributed by atoms with E-state index < -0.39 is 11.7 Å². The number of imidazole rings is 1. The van der Waals surface area contributed by atoms with Gasteiger partial charge in [-0.2, -0.15) is 0 Å². The molecule has 0 fully saturated rings. The summed E-state index contributed by atoms with van der Waals surface area (Å²) in [5.41, 5.74) is 1.47. The van der Waals surface area contributed by atoms with Gasteiger partial charge in [-0.05, 0) is 45.4 Å². The maximum absolute atomic E-state index is 11.7. The van der Waals surface area contributed by atoms with Gasteiger partial charge >= 0.3 is 6.09 Å². The topological polar surface area (TPSA) is 56.2 Å². The van der Waals surface area contributed by atoms with E-state index in [0.717, 1.165) is 29.8 Å². The van der Waals surface area contributed by atoms with Crippen LogP contribution in [0.2, 0.25) is 5.02 Å². The van der Waals surface area contributed by atoms with Gasteiger partial charge in [0.1, 0.15) is 11.4 Å². The smallest absolute Gasteiger partial charge is 0.407 e. The van der Waals surface area contributed by atoms with Crippen LogP contribution in [0.25, 0.3) is 11.0 Å². The van der Waals surface area contributed by atoms with E-state index in [-0.39, 0.29) is 0 Å². The maximum atomic E-state index is 11.7. The van der Waals surface area contributed by atoms with Crippen LogP contribution >= 0.6 is 11.6 Å². The number of nitrogens with zero attached hydrogens (tertiary/aromatic N) is 2. The first-order chi connectivity index (χ1) is 10.8. The number of halogens is 1. The molecule has 1 amide bonds. The second kappa shape index (κ2) is 7.21. The number of benzene rings is 1. The molecule has 6 heteroatoms. The summed E-state index contributed by atoms with van der Waals surface area (Å²) in [5.74, 6) is 0.945. The second-order valence-electron chi connectivity index (χ2n) is 6.49. The van der Waals surface area contributed by atoms with Crippen molar-refractivity contribution < 1.29 is 9.53 Å². The number of carbonyl (C=O) groups is 1. The molecule has 2 aromatic rings. The summed E-state index contributed by atoms with van der Waals surface area (Å²) < 4.78 is 7.42. The lowest BCUT2D eigenvalue weighted by Crippen LogP contribution is -2.33. The summed E-state index contributed by atoms with van der Waals surface area (Å²) in [7, 11) is 0. The first kappa shape index (κ1) is 17.6. The minimum Gasteiger partial charge on any atom is -0.444 e. The van der Waals surface area contributed by atoms with Crippen LogP contribution in [0, 0.1) is 0 Å². The largest absolute Gasteiger partial charge is 0.444 e. The van der Waals surface area contributed by atoms with Gasteiger partial charge in [-0.25, -0.2) is 9.78 Å². The van der Waals surface area contributed by atoms with Crippen LogP contribution in [0.1, 0.15) is 39.9 Å². The molecule has 0 atom stereocenters. The minimum atomic E-state index is -0.490. The predicted octanol–water partition coefficient (Wildman–Crippen LogP) is 4.17. The van der Waals surface area contributed by atoms with Gasteiger partial charge < -0.3 is 14.6 Å². The Kier molecular flexibility index (Phi) is 5.52. The Morgan fingerprint density at radius 2 is 2.13 bits per heavy atom. The van der Waals surface area contributed by atoms with Crippen molar-refractivity contribution in [3.05, 3.63) is 29.0 Å². The van der Waals surface area contributed by atoms with Crippen molar-refractivity contribution in [3.63, 3.8) is 0 Å². The Morgan fingerprint density at radius 3 is 2.78 bits per heavy atom. The molecule has 23 heavy (non-hydrogen) atoms. The number of nitrogens with one attached hydrogen (secondary N) is 1. The zero-order valence-corrected chi connectivity index (χ0v) is 14.9. The van der Waals surface area contributed by atoms with Gasteiger partial charge in [-0.3, -0.25) is 0 Å². The average molecular weight is 338 g/mol. The van der Waals surface area contributed by atoms with Crippen molar-refractivity contribution >= 4 is 28.7 Å². The fourth-order valence-corrected chi connectivity index (χ4v) is 2.57. The van der Waals surface area contributed by atoms with Crippen molar-refractivity contribution in [2.24, 2.45) is 0 Å². The Balaban J connectivity index is 2.07. The van der Waals surface area contributed by atoms with E-state index >= 15 is 0 Å². The molecule has 1 aromatic carbocycles. The summed E-state index contributed by atoms with van der Waals surface area (Å²) in [4.78, 5) is 16.3. The number of hydrogen-bond donors (Lipinski definition) is 1. The second-order valence-corrected chi connectivity index (χ2v) is 6.93. The minimum absolute atomic E-state index is 0.404. The number of hydrogen-bond acceptors (Lipinski definition) is 3. The van der Waals surface area contributed by atoms with Gasteiger partial charge in [0.2, 0.25) is 0 Å². The molecule has 0 saturated carbocycles. The Hall–Kier alpha value is -1.75. The predicted molar refractivity (Wildman–Crippen MR) is 93.0 cm³/mol. The highest BCUT2D eigenvalue weighted by atomic mass is 35.5. The van der Waals surface area contributed by atoms with Crippen molar-refractivity contribution in [1.82, 2.24) is 14.9 Å². The lowest BCUT2D eigenvalue weighted by atomic mass is 10.2. The average Bonchev–Trinajstić information content (AvgIpc) is 2.74. The summed E-state index contributed by atoms with van der Waals surface area (Å²) in [6.45, 7) is 9.03. The fraction of sp³-hybridized carbons (Fsp3) is 0.529. The molecular weight excluding hydrogens is 314 g/mol. The molecule has 0 unspecified atom stereocenters. The third-order valence-corrected chi connectivity index (χ3v) is 3.49. The van der Waals surface area contributed by atoms with Crippen LogP contribution < -0.4 is 5.32 Å². The standard InChI is InChI=1S/C17H24ClN3O2/c1-5-10-21-14-7-6-12(18)11-13(14)20-15(21)8-9-19-16(22)23-17(2,3)4/h6-7,11H,5,8-10H2,1-4H3,(H,19,22). The molecule has 0 aliphatic rings. The van der Waals surface area contributed by atoms with Gasteiger partial charge in [0, 0.05) is 24.5 Å². The third-order valence-electron chi connectivity index (χ3n) is 3.25. The van der Waals surface area contributed by atoms with E-state index in [2.05, 4.69) is 21.8 Å². The van der Waals surface area contributed by atoms with E-state index in [1.807, 2.05) is 39.0 Å². The Bertz CT molecular complexity index is 689. The van der Waals surface area contributed by atoms with Crippen LogP contribution in [0.3, 0.4) is 0 Å². The van der Waals surface area contributed by atoms with Crippen LogP contribution in [-0.2, 0) is 17.7 Å². The monoisotopic (exact) mass is 337 g/mol. The van der Waals surface area contributed by atoms with E-state index in [0.29, 0.717) is 18.0 Å². The lowest BCUT2D eigenvalue weighted by molar-refractivity contribution is 0.0528. The molecule has 0 radical (unpaired) electrons. The SMILES string of the molecule is CCCn1c(CCNC(=O)OC(C)(C)C)nc2cc(Cl)ccc21. The van der Waals surface area contributed by atoms with E-state index in [9.17, 15) is 4.79 Å². The summed E-state index contributed by atoms with van der Waals surface area (Å²) in [6, 6.07) is 5.74. The number of rotatable bonds is 5. The molecule has 126 valence electrons. The summed E-state index contributed by atoms with van der Waals surface area (Å²) >= 11 is 6.04. The Morgan fingerprint density at radius 1 is 1.39 bits per heavy atom. The van der Waals surface area contributed by atoms with Gasteiger partial charge in [-0.15, -0.1) is 0 Å². The zero-order valence-electron chi connectivity index (χ0n) is 14.1. The van der Waals surface area contributed by atoms with Crippen molar-refractivity contribution in [2.75, 3.05) is 6.54 Å². The summed E-state index contributed by atoms with van der Waals surface area (Å²) in [5, 5.41) is 3.45. The first-order valence-corrected chi connectivity index (χ1v) is 8.29. The molecule has 0 aliphatic heterocycles. The molecule has 2 rings (SSSR count). The van der Waals surface area contributed by atoms with Crippen LogP contribution in [0.4, 0.5) is 4.79 Å². The zero-order chi connectivity index (χ0) is 17.0. The number of aromatic nitrogens is 2. The highest BCUT2D eigenvalue weighted by molar-refractivity contribution is 6.31. The molecule has 1 N–H and O–H groups in total. The molecule has 5 nitrogen and oxygen atoms in total. The number of carbonyl (C=O) groups excluding carboxylic acids is 1. The molecule has 0 aliphatic carbocycles. The normalized spacial score (nSPS) is 11.7. The van der Waals surface area contributed by atoms with E-state index in [4.69, 9.17) is 16.3 Å². The van der Waals surface area contributed by atoms with Crippen LogP contribution in [0.5, 0.6) is 0 Å². The van der Waals surface area contributed by atoms with Gasteiger partial charge in [-0.1, -0.05) is 18.5 Å².